The third-order valence-electron chi connectivity index (χ3n) is 6.31. The maximum atomic E-state index is 12.6. The number of anilines is 3. The van der Waals surface area contributed by atoms with Crippen LogP contribution in [0.25, 0.3) is 11.3 Å². The number of hydrogen-bond acceptors (Lipinski definition) is 8. The summed E-state index contributed by atoms with van der Waals surface area (Å²) in [5.41, 5.74) is 10.3. The predicted molar refractivity (Wildman–Crippen MR) is 143 cm³/mol. The van der Waals surface area contributed by atoms with Gasteiger partial charge in [-0.15, -0.1) is 0 Å². The standard InChI is InChI=1S/C28H26N8O/c29-17-23-16-20(19-35-12-14-36(15-13-35)28-31-10-3-11-32-28)18-33-26(23)21-6-8-22(9-7-21)27(37)34-25-5-2-1-4-24(25)30/h1-11,16,18H,12-15,19,30H2,(H,34,37). The molecule has 0 aliphatic carbocycles. The normalized spacial score (nSPS) is 13.6. The van der Waals surface area contributed by atoms with Crippen LogP contribution in [0.3, 0.4) is 0 Å². The molecular formula is C28H26N8O. The smallest absolute Gasteiger partial charge is 0.255 e. The Balaban J connectivity index is 1.23. The second-order valence-corrected chi connectivity index (χ2v) is 8.78. The van der Waals surface area contributed by atoms with E-state index in [-0.39, 0.29) is 5.91 Å². The van der Waals surface area contributed by atoms with Crippen molar-refractivity contribution in [3.05, 3.63) is 95.9 Å². The average Bonchev–Trinajstić information content (AvgIpc) is 2.95. The van der Waals surface area contributed by atoms with Gasteiger partial charge in [0, 0.05) is 62.4 Å². The molecule has 3 N–H and O–H groups in total. The first-order valence-corrected chi connectivity index (χ1v) is 12.0. The number of aromatic nitrogens is 3. The SMILES string of the molecule is N#Cc1cc(CN2CCN(c3ncccn3)CC2)cnc1-c1ccc(C(=O)Nc2ccccc2N)cc1. The first-order valence-electron chi connectivity index (χ1n) is 12.0. The number of carbonyl (C=O) groups is 1. The zero-order valence-corrected chi connectivity index (χ0v) is 20.2. The second-order valence-electron chi connectivity index (χ2n) is 8.78. The van der Waals surface area contributed by atoms with Crippen LogP contribution in [0, 0.1) is 11.3 Å². The topological polar surface area (TPSA) is 124 Å². The summed E-state index contributed by atoms with van der Waals surface area (Å²) in [6, 6.07) is 20.1. The maximum absolute atomic E-state index is 12.6. The maximum Gasteiger partial charge on any atom is 0.255 e. The van der Waals surface area contributed by atoms with Crippen LogP contribution in [0.4, 0.5) is 17.3 Å². The molecule has 0 unspecified atom stereocenters. The van der Waals surface area contributed by atoms with Crippen LogP contribution in [0.1, 0.15) is 21.5 Å². The van der Waals surface area contributed by atoms with Crippen LogP contribution >= 0.6 is 0 Å². The predicted octanol–water partition coefficient (Wildman–Crippen LogP) is 3.57. The van der Waals surface area contributed by atoms with Crippen LogP contribution in [0.2, 0.25) is 0 Å². The molecule has 1 saturated heterocycles. The Morgan fingerprint density at radius 1 is 0.973 bits per heavy atom. The highest BCUT2D eigenvalue weighted by Crippen LogP contribution is 2.24. The zero-order valence-electron chi connectivity index (χ0n) is 20.2. The van der Waals surface area contributed by atoms with E-state index in [2.05, 4.69) is 36.1 Å². The van der Waals surface area contributed by atoms with Gasteiger partial charge in [-0.25, -0.2) is 9.97 Å². The molecule has 0 spiro atoms. The van der Waals surface area contributed by atoms with Crippen molar-refractivity contribution < 1.29 is 4.79 Å². The number of nitriles is 1. The Hall–Kier alpha value is -4.81. The van der Waals surface area contributed by atoms with E-state index in [0.717, 1.165) is 43.3 Å². The van der Waals surface area contributed by atoms with Crippen molar-refractivity contribution in [1.82, 2.24) is 19.9 Å². The van der Waals surface area contributed by atoms with Gasteiger partial charge in [-0.3, -0.25) is 14.7 Å². The molecule has 0 radical (unpaired) electrons. The van der Waals surface area contributed by atoms with E-state index in [1.165, 1.54) is 0 Å². The summed E-state index contributed by atoms with van der Waals surface area (Å²) in [6.45, 7) is 4.15. The van der Waals surface area contributed by atoms with E-state index < -0.39 is 0 Å². The number of amides is 1. The van der Waals surface area contributed by atoms with Gasteiger partial charge in [-0.1, -0.05) is 24.3 Å². The number of para-hydroxylation sites is 2. The van der Waals surface area contributed by atoms with Crippen molar-refractivity contribution in [3.8, 4) is 17.3 Å². The van der Waals surface area contributed by atoms with Crippen molar-refractivity contribution in [2.75, 3.05) is 42.1 Å². The van der Waals surface area contributed by atoms with Gasteiger partial charge in [-0.2, -0.15) is 5.26 Å². The molecule has 9 heteroatoms. The average molecular weight is 491 g/mol. The molecular weight excluding hydrogens is 464 g/mol. The lowest BCUT2D eigenvalue weighted by atomic mass is 10.0. The Morgan fingerprint density at radius 2 is 1.70 bits per heavy atom. The fourth-order valence-corrected chi connectivity index (χ4v) is 4.31. The minimum Gasteiger partial charge on any atom is -0.397 e. The van der Waals surface area contributed by atoms with Crippen LogP contribution in [-0.4, -0.2) is 51.9 Å². The van der Waals surface area contributed by atoms with Gasteiger partial charge in [-0.05, 0) is 42.0 Å². The number of nitrogens with one attached hydrogen (secondary N) is 1. The summed E-state index contributed by atoms with van der Waals surface area (Å²) in [6.07, 6.45) is 5.34. The van der Waals surface area contributed by atoms with E-state index in [1.54, 1.807) is 48.8 Å². The number of rotatable bonds is 6. The van der Waals surface area contributed by atoms with E-state index in [4.69, 9.17) is 5.73 Å². The molecule has 5 rings (SSSR count). The fourth-order valence-electron chi connectivity index (χ4n) is 4.31. The molecule has 184 valence electrons. The lowest BCUT2D eigenvalue weighted by Crippen LogP contribution is -2.46. The number of piperazine rings is 1. The van der Waals surface area contributed by atoms with Crippen LogP contribution in [0.5, 0.6) is 0 Å². The fraction of sp³-hybridized carbons (Fsp3) is 0.179. The highest BCUT2D eigenvalue weighted by molar-refractivity contribution is 6.05. The Kier molecular flexibility index (Phi) is 7.01. The number of pyridine rings is 1. The van der Waals surface area contributed by atoms with Crippen LogP contribution in [-0.2, 0) is 6.54 Å². The second kappa shape index (κ2) is 10.8. The minimum atomic E-state index is -0.257. The van der Waals surface area contributed by atoms with Gasteiger partial charge in [0.25, 0.3) is 5.91 Å². The highest BCUT2D eigenvalue weighted by atomic mass is 16.1. The van der Waals surface area contributed by atoms with Crippen LogP contribution in [0.15, 0.2) is 79.3 Å². The van der Waals surface area contributed by atoms with Gasteiger partial charge in [0.1, 0.15) is 6.07 Å². The molecule has 0 saturated carbocycles. The molecule has 0 atom stereocenters. The van der Waals surface area contributed by atoms with E-state index >= 15 is 0 Å². The van der Waals surface area contributed by atoms with Gasteiger partial charge < -0.3 is 16.0 Å². The van der Waals surface area contributed by atoms with Crippen molar-refractivity contribution in [3.63, 3.8) is 0 Å². The molecule has 1 aliphatic heterocycles. The molecule has 37 heavy (non-hydrogen) atoms. The van der Waals surface area contributed by atoms with Crippen molar-refractivity contribution in [1.29, 1.82) is 5.26 Å². The molecule has 1 amide bonds. The summed E-state index contributed by atoms with van der Waals surface area (Å²) in [5, 5.41) is 12.6. The van der Waals surface area contributed by atoms with E-state index in [0.29, 0.717) is 34.7 Å². The van der Waals surface area contributed by atoms with Crippen molar-refractivity contribution >= 4 is 23.2 Å². The Bertz CT molecular complexity index is 1430. The lowest BCUT2D eigenvalue weighted by molar-refractivity contribution is 0.102. The number of nitrogens with zero attached hydrogens (tertiary/aromatic N) is 6. The number of nitrogen functional groups attached to an aromatic ring is 1. The Labute approximate surface area is 215 Å². The number of hydrogen-bond donors (Lipinski definition) is 2. The van der Waals surface area contributed by atoms with E-state index in [9.17, 15) is 10.1 Å². The van der Waals surface area contributed by atoms with Gasteiger partial charge in [0.05, 0.1) is 22.6 Å². The van der Waals surface area contributed by atoms with Gasteiger partial charge in [0.15, 0.2) is 0 Å². The molecule has 2 aromatic carbocycles. The molecule has 1 fully saturated rings. The van der Waals surface area contributed by atoms with Crippen molar-refractivity contribution in [2.24, 2.45) is 0 Å². The summed E-state index contributed by atoms with van der Waals surface area (Å²) in [5.74, 6) is 0.500. The molecule has 4 aromatic rings. The van der Waals surface area contributed by atoms with E-state index in [1.807, 2.05) is 30.5 Å². The molecule has 2 aromatic heterocycles. The summed E-state index contributed by atoms with van der Waals surface area (Å²) >= 11 is 0. The van der Waals surface area contributed by atoms with Crippen molar-refractivity contribution in [2.45, 2.75) is 6.54 Å². The minimum absolute atomic E-state index is 0.257. The number of nitrogens with two attached hydrogens (primary N) is 1. The highest BCUT2D eigenvalue weighted by Gasteiger charge is 2.19. The van der Waals surface area contributed by atoms with Gasteiger partial charge >= 0.3 is 0 Å². The van der Waals surface area contributed by atoms with Crippen LogP contribution < -0.4 is 16.0 Å². The molecule has 0 bridgehead atoms. The number of carbonyl (C=O) groups excluding carboxylic acids is 1. The third kappa shape index (κ3) is 5.55. The Morgan fingerprint density at radius 3 is 2.41 bits per heavy atom. The summed E-state index contributed by atoms with van der Waals surface area (Å²) in [4.78, 5) is 30.4. The molecule has 1 aliphatic rings. The largest absolute Gasteiger partial charge is 0.397 e. The third-order valence-corrected chi connectivity index (χ3v) is 6.31. The number of benzene rings is 2. The lowest BCUT2D eigenvalue weighted by Gasteiger charge is -2.34. The quantitative estimate of drug-likeness (QED) is 0.393. The summed E-state index contributed by atoms with van der Waals surface area (Å²) in [7, 11) is 0. The monoisotopic (exact) mass is 490 g/mol. The molecule has 3 heterocycles. The first-order chi connectivity index (χ1) is 18.1. The van der Waals surface area contributed by atoms with Gasteiger partial charge in [0.2, 0.25) is 5.95 Å². The summed E-state index contributed by atoms with van der Waals surface area (Å²) < 4.78 is 0. The molecule has 9 nitrogen and oxygen atoms in total. The zero-order chi connectivity index (χ0) is 25.6. The first kappa shape index (κ1) is 23.9.